The summed E-state index contributed by atoms with van der Waals surface area (Å²) in [5.74, 6) is 0.983. The largest absolute Gasteiger partial charge is 0.489 e. The highest BCUT2D eigenvalue weighted by Crippen LogP contribution is 2.20. The highest BCUT2D eigenvalue weighted by atomic mass is 19.1. The van der Waals surface area contributed by atoms with Gasteiger partial charge in [0, 0.05) is 6.54 Å². The van der Waals surface area contributed by atoms with Gasteiger partial charge in [0.05, 0.1) is 0 Å². The molecule has 100 valence electrons. The monoisotopic (exact) mass is 251 g/mol. The number of benzene rings is 1. The third-order valence-corrected chi connectivity index (χ3v) is 3.79. The first kappa shape index (κ1) is 13.3. The van der Waals surface area contributed by atoms with Crippen molar-refractivity contribution in [3.05, 3.63) is 30.1 Å². The van der Waals surface area contributed by atoms with Gasteiger partial charge < -0.3 is 4.74 Å². The minimum atomic E-state index is -0.276. The van der Waals surface area contributed by atoms with E-state index in [0.717, 1.165) is 25.6 Å². The van der Waals surface area contributed by atoms with Crippen molar-refractivity contribution in [1.29, 1.82) is 0 Å². The smallest absolute Gasteiger partial charge is 0.165 e. The summed E-state index contributed by atoms with van der Waals surface area (Å²) in [5, 5.41) is 0. The van der Waals surface area contributed by atoms with Crippen molar-refractivity contribution in [2.24, 2.45) is 5.92 Å². The predicted octanol–water partition coefficient (Wildman–Crippen LogP) is 3.33. The molecule has 0 aromatic heterocycles. The van der Waals surface area contributed by atoms with Gasteiger partial charge in [0.25, 0.3) is 0 Å². The Labute approximate surface area is 109 Å². The first-order valence-corrected chi connectivity index (χ1v) is 6.89. The lowest BCUT2D eigenvalue weighted by atomic mass is 9.94. The quantitative estimate of drug-likeness (QED) is 0.796. The minimum Gasteiger partial charge on any atom is -0.489 e. The molecular formula is C15H22FNO. The molecule has 0 aliphatic carbocycles. The second-order valence-electron chi connectivity index (χ2n) is 4.97. The van der Waals surface area contributed by atoms with E-state index in [9.17, 15) is 4.39 Å². The minimum absolute atomic E-state index is 0.276. The van der Waals surface area contributed by atoms with E-state index in [1.54, 1.807) is 18.2 Å². The Hall–Kier alpha value is -1.09. The van der Waals surface area contributed by atoms with Crippen molar-refractivity contribution >= 4 is 0 Å². The molecule has 1 aromatic rings. The number of likely N-dealkylation sites (tertiary alicyclic amines) is 1. The van der Waals surface area contributed by atoms with Gasteiger partial charge in [-0.15, -0.1) is 0 Å². The first-order chi connectivity index (χ1) is 8.79. The lowest BCUT2D eigenvalue weighted by Gasteiger charge is -2.31. The van der Waals surface area contributed by atoms with Gasteiger partial charge in [-0.3, -0.25) is 4.90 Å². The molecule has 0 unspecified atom stereocenters. The van der Waals surface area contributed by atoms with Crippen LogP contribution in [0.25, 0.3) is 0 Å². The Balaban J connectivity index is 1.69. The summed E-state index contributed by atoms with van der Waals surface area (Å²) >= 11 is 0. The number of hydrogen-bond acceptors (Lipinski definition) is 2. The second-order valence-corrected chi connectivity index (χ2v) is 4.97. The van der Waals surface area contributed by atoms with Crippen molar-refractivity contribution in [3.8, 4) is 5.75 Å². The Bertz CT molecular complexity index is 361. The SMILES string of the molecule is CCC1CCN(CCOc2ccccc2F)CC1. The molecule has 1 aromatic carbocycles. The zero-order chi connectivity index (χ0) is 12.8. The summed E-state index contributed by atoms with van der Waals surface area (Å²) in [4.78, 5) is 2.41. The number of ether oxygens (including phenoxy) is 1. The predicted molar refractivity (Wildman–Crippen MR) is 71.4 cm³/mol. The standard InChI is InChI=1S/C15H22FNO/c1-2-13-7-9-17(10-8-13)11-12-18-15-6-4-3-5-14(15)16/h3-6,13H,2,7-12H2,1H3. The van der Waals surface area contributed by atoms with E-state index < -0.39 is 0 Å². The summed E-state index contributed by atoms with van der Waals surface area (Å²) in [7, 11) is 0. The summed E-state index contributed by atoms with van der Waals surface area (Å²) in [5.41, 5.74) is 0. The summed E-state index contributed by atoms with van der Waals surface area (Å²) in [6.45, 7) is 6.03. The summed E-state index contributed by atoms with van der Waals surface area (Å²) in [6, 6.07) is 6.59. The van der Waals surface area contributed by atoms with Gasteiger partial charge in [0.15, 0.2) is 11.6 Å². The van der Waals surface area contributed by atoms with E-state index in [1.807, 2.05) is 0 Å². The lowest BCUT2D eigenvalue weighted by Crippen LogP contribution is -2.36. The molecule has 2 rings (SSSR count). The fourth-order valence-corrected chi connectivity index (χ4v) is 2.46. The molecule has 3 heteroatoms. The van der Waals surface area contributed by atoms with E-state index in [-0.39, 0.29) is 5.82 Å². The zero-order valence-electron chi connectivity index (χ0n) is 11.1. The van der Waals surface area contributed by atoms with Crippen molar-refractivity contribution in [3.63, 3.8) is 0 Å². The molecule has 0 spiro atoms. The Morgan fingerprint density at radius 1 is 1.28 bits per heavy atom. The first-order valence-electron chi connectivity index (χ1n) is 6.89. The third kappa shape index (κ3) is 3.70. The third-order valence-electron chi connectivity index (χ3n) is 3.79. The van der Waals surface area contributed by atoms with E-state index in [2.05, 4.69) is 11.8 Å². The van der Waals surface area contributed by atoms with Crippen LogP contribution in [0.4, 0.5) is 4.39 Å². The molecule has 1 fully saturated rings. The van der Waals surface area contributed by atoms with Gasteiger partial charge in [-0.25, -0.2) is 4.39 Å². The molecule has 0 bridgehead atoms. The van der Waals surface area contributed by atoms with Crippen LogP contribution >= 0.6 is 0 Å². The molecule has 1 aliphatic rings. The van der Waals surface area contributed by atoms with Gasteiger partial charge in [-0.2, -0.15) is 0 Å². The number of rotatable bonds is 5. The van der Waals surface area contributed by atoms with E-state index in [0.29, 0.717) is 12.4 Å². The van der Waals surface area contributed by atoms with Crippen LogP contribution in [0.15, 0.2) is 24.3 Å². The van der Waals surface area contributed by atoms with Crippen molar-refractivity contribution in [2.45, 2.75) is 26.2 Å². The van der Waals surface area contributed by atoms with Crippen LogP contribution in [-0.2, 0) is 0 Å². The molecule has 1 aliphatic heterocycles. The van der Waals surface area contributed by atoms with Crippen molar-refractivity contribution in [2.75, 3.05) is 26.2 Å². The Kier molecular flexibility index (Phi) is 5.00. The lowest BCUT2D eigenvalue weighted by molar-refractivity contribution is 0.151. The molecule has 18 heavy (non-hydrogen) atoms. The van der Waals surface area contributed by atoms with Crippen molar-refractivity contribution < 1.29 is 9.13 Å². The van der Waals surface area contributed by atoms with Gasteiger partial charge in [-0.05, 0) is 44.0 Å². The average Bonchev–Trinajstić information content (AvgIpc) is 2.42. The van der Waals surface area contributed by atoms with Gasteiger partial charge in [-0.1, -0.05) is 25.5 Å². The molecule has 0 saturated carbocycles. The zero-order valence-corrected chi connectivity index (χ0v) is 11.1. The maximum Gasteiger partial charge on any atom is 0.165 e. The number of piperidine rings is 1. The molecule has 2 nitrogen and oxygen atoms in total. The van der Waals surface area contributed by atoms with Crippen LogP contribution in [0.5, 0.6) is 5.75 Å². The van der Waals surface area contributed by atoms with Crippen LogP contribution in [0.1, 0.15) is 26.2 Å². The summed E-state index contributed by atoms with van der Waals surface area (Å²) < 4.78 is 18.8. The number of para-hydroxylation sites is 1. The van der Waals surface area contributed by atoms with Crippen LogP contribution in [0.3, 0.4) is 0 Å². The van der Waals surface area contributed by atoms with Gasteiger partial charge in [0.2, 0.25) is 0 Å². The highest BCUT2D eigenvalue weighted by Gasteiger charge is 2.17. The fourth-order valence-electron chi connectivity index (χ4n) is 2.46. The number of hydrogen-bond donors (Lipinski definition) is 0. The molecular weight excluding hydrogens is 229 g/mol. The highest BCUT2D eigenvalue weighted by molar-refractivity contribution is 5.23. The van der Waals surface area contributed by atoms with Crippen molar-refractivity contribution in [1.82, 2.24) is 4.90 Å². The average molecular weight is 251 g/mol. The van der Waals surface area contributed by atoms with Gasteiger partial charge >= 0.3 is 0 Å². The van der Waals surface area contributed by atoms with Crippen LogP contribution in [0.2, 0.25) is 0 Å². The van der Waals surface area contributed by atoms with E-state index in [4.69, 9.17) is 4.74 Å². The molecule has 1 heterocycles. The van der Waals surface area contributed by atoms with Crippen LogP contribution in [0, 0.1) is 11.7 Å². The van der Waals surface area contributed by atoms with E-state index in [1.165, 1.54) is 25.3 Å². The number of nitrogens with zero attached hydrogens (tertiary/aromatic N) is 1. The molecule has 0 atom stereocenters. The number of halogens is 1. The Morgan fingerprint density at radius 3 is 2.67 bits per heavy atom. The molecule has 1 saturated heterocycles. The van der Waals surface area contributed by atoms with Gasteiger partial charge in [0.1, 0.15) is 6.61 Å². The maximum atomic E-state index is 13.3. The fraction of sp³-hybridized carbons (Fsp3) is 0.600. The molecule has 0 N–H and O–H groups in total. The molecule has 0 amide bonds. The maximum absolute atomic E-state index is 13.3. The molecule has 0 radical (unpaired) electrons. The second kappa shape index (κ2) is 6.74. The topological polar surface area (TPSA) is 12.5 Å². The van der Waals surface area contributed by atoms with Crippen LogP contribution in [-0.4, -0.2) is 31.1 Å². The summed E-state index contributed by atoms with van der Waals surface area (Å²) in [6.07, 6.45) is 3.87. The van der Waals surface area contributed by atoms with E-state index >= 15 is 0 Å². The van der Waals surface area contributed by atoms with Crippen LogP contribution < -0.4 is 4.74 Å². The normalized spacial score (nSPS) is 17.9. The Morgan fingerprint density at radius 2 is 2.00 bits per heavy atom.